The lowest BCUT2D eigenvalue weighted by Crippen LogP contribution is -2.32. The lowest BCUT2D eigenvalue weighted by Gasteiger charge is -2.24. The molecule has 30 heavy (non-hydrogen) atoms. The zero-order valence-corrected chi connectivity index (χ0v) is 17.6. The number of anilines is 2. The van der Waals surface area contributed by atoms with Crippen LogP contribution in [-0.2, 0) is 6.54 Å². The Morgan fingerprint density at radius 3 is 2.70 bits per heavy atom. The van der Waals surface area contributed by atoms with Crippen LogP contribution in [0.2, 0.25) is 0 Å². The SMILES string of the molecule is CCN(Cc1nn2ccc(Br)c2c(=O)n1-c1ccccc1)c1ncnc(N)c1C#N. The van der Waals surface area contributed by atoms with E-state index in [9.17, 15) is 10.1 Å². The van der Waals surface area contributed by atoms with Gasteiger partial charge in [0.05, 0.1) is 16.7 Å². The second-order valence-corrected chi connectivity index (χ2v) is 7.29. The number of nitrogens with zero attached hydrogens (tertiary/aromatic N) is 7. The summed E-state index contributed by atoms with van der Waals surface area (Å²) in [6, 6.07) is 13.1. The predicted molar refractivity (Wildman–Crippen MR) is 116 cm³/mol. The standard InChI is InChI=1S/C20H17BrN8O/c1-2-27(19-14(10-22)18(23)24-12-25-19)11-16-26-28-9-8-15(21)17(28)20(30)29(16)13-6-4-3-5-7-13/h3-9,12H,2,11H2,1H3,(H2,23,24,25). The van der Waals surface area contributed by atoms with E-state index in [0.717, 1.165) is 0 Å². The van der Waals surface area contributed by atoms with Gasteiger partial charge in [0.25, 0.3) is 5.56 Å². The van der Waals surface area contributed by atoms with Crippen molar-refractivity contribution in [1.82, 2.24) is 24.1 Å². The van der Waals surface area contributed by atoms with Crippen LogP contribution in [0, 0.1) is 11.3 Å². The number of nitrogens with two attached hydrogens (primary N) is 1. The largest absolute Gasteiger partial charge is 0.382 e. The highest BCUT2D eigenvalue weighted by molar-refractivity contribution is 9.10. The summed E-state index contributed by atoms with van der Waals surface area (Å²) in [5.74, 6) is 0.999. The van der Waals surface area contributed by atoms with Crippen LogP contribution in [-0.4, -0.2) is 30.7 Å². The number of hydrogen-bond donors (Lipinski definition) is 1. The molecule has 0 aliphatic heterocycles. The van der Waals surface area contributed by atoms with Crippen LogP contribution in [0.4, 0.5) is 11.6 Å². The molecular weight excluding hydrogens is 448 g/mol. The van der Waals surface area contributed by atoms with E-state index in [4.69, 9.17) is 5.73 Å². The van der Waals surface area contributed by atoms with Crippen molar-refractivity contribution in [2.75, 3.05) is 17.2 Å². The van der Waals surface area contributed by atoms with Gasteiger partial charge in [0, 0.05) is 12.7 Å². The van der Waals surface area contributed by atoms with E-state index >= 15 is 0 Å². The number of rotatable bonds is 5. The van der Waals surface area contributed by atoms with E-state index in [1.807, 2.05) is 42.2 Å². The highest BCUT2D eigenvalue weighted by atomic mass is 79.9. The Morgan fingerprint density at radius 2 is 2.00 bits per heavy atom. The summed E-state index contributed by atoms with van der Waals surface area (Å²) in [6.45, 7) is 2.68. The van der Waals surface area contributed by atoms with Gasteiger partial charge in [-0.3, -0.25) is 9.36 Å². The van der Waals surface area contributed by atoms with Crippen LogP contribution >= 0.6 is 15.9 Å². The quantitative estimate of drug-likeness (QED) is 0.481. The van der Waals surface area contributed by atoms with Crippen molar-refractivity contribution >= 4 is 33.1 Å². The lowest BCUT2D eigenvalue weighted by atomic mass is 10.2. The normalized spacial score (nSPS) is 10.8. The molecular formula is C20H17BrN8O. The van der Waals surface area contributed by atoms with Crippen LogP contribution < -0.4 is 16.2 Å². The summed E-state index contributed by atoms with van der Waals surface area (Å²) in [5.41, 5.74) is 6.98. The summed E-state index contributed by atoms with van der Waals surface area (Å²) in [4.78, 5) is 23.4. The van der Waals surface area contributed by atoms with Crippen LogP contribution in [0.15, 0.2) is 58.2 Å². The van der Waals surface area contributed by atoms with Crippen molar-refractivity contribution in [1.29, 1.82) is 5.26 Å². The molecule has 2 N–H and O–H groups in total. The molecule has 0 atom stereocenters. The number of benzene rings is 1. The Bertz CT molecular complexity index is 1320. The molecule has 3 aromatic heterocycles. The van der Waals surface area contributed by atoms with Gasteiger partial charge in [-0.05, 0) is 41.1 Å². The van der Waals surface area contributed by atoms with Crippen molar-refractivity contribution in [3.8, 4) is 11.8 Å². The number of aromatic nitrogens is 5. The van der Waals surface area contributed by atoms with Gasteiger partial charge in [-0.2, -0.15) is 10.4 Å². The van der Waals surface area contributed by atoms with Crippen molar-refractivity contribution in [2.24, 2.45) is 0 Å². The van der Waals surface area contributed by atoms with E-state index in [0.29, 0.717) is 33.9 Å². The van der Waals surface area contributed by atoms with Crippen molar-refractivity contribution in [3.05, 3.63) is 75.1 Å². The van der Waals surface area contributed by atoms with Gasteiger partial charge >= 0.3 is 0 Å². The number of fused-ring (bicyclic) bond motifs is 1. The van der Waals surface area contributed by atoms with Gasteiger partial charge in [-0.25, -0.2) is 14.5 Å². The van der Waals surface area contributed by atoms with Gasteiger partial charge in [0.1, 0.15) is 29.3 Å². The zero-order valence-electron chi connectivity index (χ0n) is 16.0. The third-order valence-corrected chi connectivity index (χ3v) is 5.34. The average molecular weight is 465 g/mol. The maximum atomic E-state index is 13.4. The Kier molecular flexibility index (Phi) is 5.20. The maximum absolute atomic E-state index is 13.4. The molecule has 0 aliphatic carbocycles. The van der Waals surface area contributed by atoms with Crippen molar-refractivity contribution in [2.45, 2.75) is 13.5 Å². The molecule has 0 unspecified atom stereocenters. The molecule has 0 radical (unpaired) electrons. The Balaban J connectivity index is 1.91. The molecule has 150 valence electrons. The van der Waals surface area contributed by atoms with Gasteiger partial charge in [-0.1, -0.05) is 18.2 Å². The first kappa shape index (κ1) is 19.6. The fraction of sp³-hybridized carbons (Fsp3) is 0.150. The summed E-state index contributed by atoms with van der Waals surface area (Å²) in [7, 11) is 0. The first-order valence-corrected chi connectivity index (χ1v) is 9.94. The van der Waals surface area contributed by atoms with Crippen LogP contribution in [0.3, 0.4) is 0 Å². The Hall–Kier alpha value is -3.71. The van der Waals surface area contributed by atoms with E-state index in [2.05, 4.69) is 37.1 Å². The predicted octanol–water partition coefficient (Wildman–Crippen LogP) is 2.52. The molecule has 3 heterocycles. The van der Waals surface area contributed by atoms with Crippen molar-refractivity contribution < 1.29 is 0 Å². The molecule has 0 bridgehead atoms. The summed E-state index contributed by atoms with van der Waals surface area (Å²) >= 11 is 3.43. The first-order valence-electron chi connectivity index (χ1n) is 9.14. The molecule has 4 rings (SSSR count). The number of nitrogen functional groups attached to an aromatic ring is 1. The molecule has 0 spiro atoms. The van der Waals surface area contributed by atoms with E-state index in [1.165, 1.54) is 6.33 Å². The third-order valence-electron chi connectivity index (χ3n) is 4.70. The van der Waals surface area contributed by atoms with Gasteiger partial charge in [0.2, 0.25) is 0 Å². The zero-order chi connectivity index (χ0) is 21.3. The smallest absolute Gasteiger partial charge is 0.283 e. The minimum Gasteiger partial charge on any atom is -0.382 e. The van der Waals surface area contributed by atoms with Crippen molar-refractivity contribution in [3.63, 3.8) is 0 Å². The second-order valence-electron chi connectivity index (χ2n) is 6.43. The molecule has 10 heteroatoms. The average Bonchev–Trinajstić information content (AvgIpc) is 3.13. The second kappa shape index (κ2) is 7.96. The van der Waals surface area contributed by atoms with Crippen LogP contribution in [0.5, 0.6) is 0 Å². The highest BCUT2D eigenvalue weighted by Crippen LogP contribution is 2.23. The van der Waals surface area contributed by atoms with E-state index in [-0.39, 0.29) is 23.5 Å². The van der Waals surface area contributed by atoms with Gasteiger partial charge in [0.15, 0.2) is 11.6 Å². The molecule has 9 nitrogen and oxygen atoms in total. The number of nitriles is 1. The van der Waals surface area contributed by atoms with Crippen LogP contribution in [0.25, 0.3) is 11.2 Å². The first-order chi connectivity index (χ1) is 14.5. The van der Waals surface area contributed by atoms with Gasteiger partial charge in [-0.15, -0.1) is 0 Å². The molecule has 0 amide bonds. The Morgan fingerprint density at radius 1 is 1.23 bits per heavy atom. The molecule has 0 aliphatic rings. The van der Waals surface area contributed by atoms with Crippen LogP contribution in [0.1, 0.15) is 18.3 Å². The molecule has 0 saturated carbocycles. The minimum atomic E-state index is -0.207. The molecule has 0 saturated heterocycles. The maximum Gasteiger partial charge on any atom is 0.283 e. The molecule has 1 aromatic carbocycles. The third kappa shape index (κ3) is 3.29. The summed E-state index contributed by atoms with van der Waals surface area (Å²) < 4.78 is 3.78. The van der Waals surface area contributed by atoms with E-state index < -0.39 is 0 Å². The topological polar surface area (TPSA) is 118 Å². The monoisotopic (exact) mass is 464 g/mol. The minimum absolute atomic E-state index is 0.110. The lowest BCUT2D eigenvalue weighted by molar-refractivity contribution is 0.682. The number of hydrogen-bond acceptors (Lipinski definition) is 7. The van der Waals surface area contributed by atoms with Gasteiger partial charge < -0.3 is 10.6 Å². The molecule has 4 aromatic rings. The van der Waals surface area contributed by atoms with E-state index in [1.54, 1.807) is 21.3 Å². The summed E-state index contributed by atoms with van der Waals surface area (Å²) in [5, 5.41) is 14.2. The number of halogens is 1. The fourth-order valence-corrected chi connectivity index (χ4v) is 3.73. The highest BCUT2D eigenvalue weighted by Gasteiger charge is 2.20. The molecule has 0 fully saturated rings. The summed E-state index contributed by atoms with van der Waals surface area (Å²) in [6.07, 6.45) is 3.04. The fourth-order valence-electron chi connectivity index (χ4n) is 3.26. The Labute approximate surface area is 180 Å². The number of para-hydroxylation sites is 1.